The first kappa shape index (κ1) is 14.9. The van der Waals surface area contributed by atoms with Gasteiger partial charge in [-0.3, -0.25) is 0 Å². The van der Waals surface area contributed by atoms with Gasteiger partial charge in [-0.25, -0.2) is 0 Å². The van der Waals surface area contributed by atoms with Crippen LogP contribution in [0.4, 0.5) is 0 Å². The molecule has 0 radical (unpaired) electrons. The second-order valence-corrected chi connectivity index (χ2v) is 5.31. The molecule has 3 nitrogen and oxygen atoms in total. The van der Waals surface area contributed by atoms with Crippen molar-refractivity contribution < 1.29 is 5.11 Å². The van der Waals surface area contributed by atoms with Crippen LogP contribution in [0, 0.1) is 5.92 Å². The average Bonchev–Trinajstić information content (AvgIpc) is 2.36. The Bertz CT molecular complexity index is 179. The summed E-state index contributed by atoms with van der Waals surface area (Å²) in [4.78, 5) is 2.59. The molecule has 0 amide bonds. The number of hydrogen-bond acceptors (Lipinski definition) is 3. The van der Waals surface area contributed by atoms with Crippen LogP contribution in [0.25, 0.3) is 0 Å². The van der Waals surface area contributed by atoms with Crippen molar-refractivity contribution in [1.82, 2.24) is 10.2 Å². The summed E-state index contributed by atoms with van der Waals surface area (Å²) in [5.74, 6) is 0.864. The molecule has 2 N–H and O–H groups in total. The zero-order valence-electron chi connectivity index (χ0n) is 11.6. The molecule has 1 unspecified atom stereocenters. The van der Waals surface area contributed by atoms with E-state index in [0.29, 0.717) is 12.6 Å². The minimum Gasteiger partial charge on any atom is -0.396 e. The monoisotopic (exact) mass is 242 g/mol. The quantitative estimate of drug-likeness (QED) is 0.638. The number of piperidine rings is 1. The fourth-order valence-electron chi connectivity index (χ4n) is 2.79. The number of nitrogens with zero attached hydrogens (tertiary/aromatic N) is 1. The van der Waals surface area contributed by atoms with E-state index in [0.717, 1.165) is 18.9 Å². The van der Waals surface area contributed by atoms with E-state index in [1.54, 1.807) is 0 Å². The maximum atomic E-state index is 8.73. The highest BCUT2D eigenvalue weighted by molar-refractivity contribution is 4.79. The molecule has 1 rings (SSSR count). The molecule has 0 aromatic rings. The van der Waals surface area contributed by atoms with Crippen LogP contribution in [-0.2, 0) is 0 Å². The first-order chi connectivity index (χ1) is 8.27. The summed E-state index contributed by atoms with van der Waals surface area (Å²) in [5.41, 5.74) is 0. The van der Waals surface area contributed by atoms with E-state index in [-0.39, 0.29) is 0 Å². The van der Waals surface area contributed by atoms with Crippen molar-refractivity contribution in [2.75, 3.05) is 32.8 Å². The smallest absolute Gasteiger partial charge is 0.0431 e. The molecule has 0 aromatic carbocycles. The van der Waals surface area contributed by atoms with Gasteiger partial charge in [0.05, 0.1) is 0 Å². The van der Waals surface area contributed by atoms with Gasteiger partial charge >= 0.3 is 0 Å². The largest absolute Gasteiger partial charge is 0.396 e. The molecule has 0 aliphatic carbocycles. The molecule has 0 saturated carbocycles. The van der Waals surface area contributed by atoms with Gasteiger partial charge in [-0.05, 0) is 71.1 Å². The lowest BCUT2D eigenvalue weighted by atomic mass is 9.90. The number of nitrogens with one attached hydrogen (secondary N) is 1. The number of rotatable bonds is 8. The second-order valence-electron chi connectivity index (χ2n) is 5.31. The predicted octanol–water partition coefficient (Wildman–Crippen LogP) is 1.86. The number of likely N-dealkylation sites (tertiary alicyclic amines) is 1. The standard InChI is InChI=1S/C14H30N2O/c1-3-15-13(2)14-7-10-16(11-8-14)9-5-4-6-12-17/h13-15,17H,3-12H2,1-2H3. The third kappa shape index (κ3) is 5.84. The van der Waals surface area contributed by atoms with E-state index in [1.807, 2.05) is 0 Å². The van der Waals surface area contributed by atoms with E-state index in [9.17, 15) is 0 Å². The van der Waals surface area contributed by atoms with Gasteiger partial charge in [0.25, 0.3) is 0 Å². The summed E-state index contributed by atoms with van der Waals surface area (Å²) in [6.07, 6.45) is 6.06. The molecule has 0 bridgehead atoms. The topological polar surface area (TPSA) is 35.5 Å². The van der Waals surface area contributed by atoms with Crippen molar-refractivity contribution >= 4 is 0 Å². The van der Waals surface area contributed by atoms with Crippen LogP contribution in [0.15, 0.2) is 0 Å². The van der Waals surface area contributed by atoms with Gasteiger partial charge < -0.3 is 15.3 Å². The average molecular weight is 242 g/mol. The van der Waals surface area contributed by atoms with Crippen molar-refractivity contribution in [3.8, 4) is 0 Å². The number of unbranched alkanes of at least 4 members (excludes halogenated alkanes) is 2. The Morgan fingerprint density at radius 3 is 2.53 bits per heavy atom. The normalized spacial score (nSPS) is 20.6. The highest BCUT2D eigenvalue weighted by atomic mass is 16.2. The van der Waals surface area contributed by atoms with Crippen molar-refractivity contribution in [3.05, 3.63) is 0 Å². The molecule has 102 valence electrons. The molecule has 1 saturated heterocycles. The summed E-state index contributed by atoms with van der Waals surface area (Å²) in [5, 5.41) is 12.3. The first-order valence-corrected chi connectivity index (χ1v) is 7.34. The Morgan fingerprint density at radius 2 is 1.94 bits per heavy atom. The molecule has 1 heterocycles. The van der Waals surface area contributed by atoms with E-state index in [4.69, 9.17) is 5.11 Å². The lowest BCUT2D eigenvalue weighted by Gasteiger charge is -2.35. The number of aliphatic hydroxyl groups excluding tert-OH is 1. The van der Waals surface area contributed by atoms with Crippen LogP contribution in [0.2, 0.25) is 0 Å². The molecule has 1 aliphatic rings. The van der Waals surface area contributed by atoms with E-state index >= 15 is 0 Å². The van der Waals surface area contributed by atoms with Crippen molar-refractivity contribution in [2.24, 2.45) is 5.92 Å². The maximum absolute atomic E-state index is 8.73. The van der Waals surface area contributed by atoms with Gasteiger partial charge in [0.1, 0.15) is 0 Å². The van der Waals surface area contributed by atoms with Crippen LogP contribution in [0.1, 0.15) is 46.0 Å². The van der Waals surface area contributed by atoms with E-state index < -0.39 is 0 Å². The molecule has 1 fully saturated rings. The number of hydrogen-bond donors (Lipinski definition) is 2. The van der Waals surface area contributed by atoms with E-state index in [2.05, 4.69) is 24.1 Å². The molecule has 1 aliphatic heterocycles. The summed E-state index contributed by atoms with van der Waals surface area (Å²) in [6, 6.07) is 0.677. The van der Waals surface area contributed by atoms with Crippen LogP contribution in [-0.4, -0.2) is 48.8 Å². The van der Waals surface area contributed by atoms with Crippen molar-refractivity contribution in [2.45, 2.75) is 52.0 Å². The summed E-state index contributed by atoms with van der Waals surface area (Å²) >= 11 is 0. The van der Waals surface area contributed by atoms with Gasteiger partial charge in [0.2, 0.25) is 0 Å². The minimum atomic E-state index is 0.349. The van der Waals surface area contributed by atoms with Crippen molar-refractivity contribution in [3.63, 3.8) is 0 Å². The highest BCUT2D eigenvalue weighted by Crippen LogP contribution is 2.20. The Hall–Kier alpha value is -0.120. The fourth-order valence-corrected chi connectivity index (χ4v) is 2.79. The third-order valence-electron chi connectivity index (χ3n) is 4.00. The van der Waals surface area contributed by atoms with Gasteiger partial charge in [0, 0.05) is 12.6 Å². The fraction of sp³-hybridized carbons (Fsp3) is 1.00. The maximum Gasteiger partial charge on any atom is 0.0431 e. The van der Waals surface area contributed by atoms with Crippen LogP contribution >= 0.6 is 0 Å². The molecule has 1 atom stereocenters. The second kappa shape index (κ2) is 8.90. The molecule has 3 heteroatoms. The molecule has 0 aromatic heterocycles. The predicted molar refractivity (Wildman–Crippen MR) is 73.2 cm³/mol. The van der Waals surface area contributed by atoms with Gasteiger partial charge in [-0.15, -0.1) is 0 Å². The van der Waals surface area contributed by atoms with Crippen LogP contribution in [0.3, 0.4) is 0 Å². The van der Waals surface area contributed by atoms with E-state index in [1.165, 1.54) is 45.3 Å². The Labute approximate surface area is 107 Å². The Kier molecular flexibility index (Phi) is 7.82. The van der Waals surface area contributed by atoms with Crippen LogP contribution in [0.5, 0.6) is 0 Å². The summed E-state index contributed by atoms with van der Waals surface area (Å²) in [7, 11) is 0. The lowest BCUT2D eigenvalue weighted by molar-refractivity contribution is 0.159. The van der Waals surface area contributed by atoms with Crippen molar-refractivity contribution in [1.29, 1.82) is 0 Å². The zero-order chi connectivity index (χ0) is 12.5. The minimum absolute atomic E-state index is 0.349. The van der Waals surface area contributed by atoms with Gasteiger partial charge in [0.15, 0.2) is 0 Å². The summed E-state index contributed by atoms with van der Waals surface area (Å²) in [6.45, 7) is 9.70. The van der Waals surface area contributed by atoms with Gasteiger partial charge in [-0.1, -0.05) is 6.92 Å². The third-order valence-corrected chi connectivity index (χ3v) is 4.00. The number of aliphatic hydroxyl groups is 1. The molecule has 0 spiro atoms. The SMILES string of the molecule is CCNC(C)C1CCN(CCCCCO)CC1. The van der Waals surface area contributed by atoms with Gasteiger partial charge in [-0.2, -0.15) is 0 Å². The summed E-state index contributed by atoms with van der Waals surface area (Å²) < 4.78 is 0. The van der Waals surface area contributed by atoms with Crippen LogP contribution < -0.4 is 5.32 Å². The molecule has 17 heavy (non-hydrogen) atoms. The molecular formula is C14H30N2O. The lowest BCUT2D eigenvalue weighted by Crippen LogP contribution is -2.42. The zero-order valence-corrected chi connectivity index (χ0v) is 11.6. The highest BCUT2D eigenvalue weighted by Gasteiger charge is 2.22. The Morgan fingerprint density at radius 1 is 1.24 bits per heavy atom. The first-order valence-electron chi connectivity index (χ1n) is 7.34. The molecular weight excluding hydrogens is 212 g/mol. The Balaban J connectivity index is 2.08.